The molecule has 0 N–H and O–H groups in total. The summed E-state index contributed by atoms with van der Waals surface area (Å²) in [7, 11) is 1.53. The van der Waals surface area contributed by atoms with E-state index < -0.39 is 11.9 Å². The van der Waals surface area contributed by atoms with E-state index in [4.69, 9.17) is 4.74 Å². The summed E-state index contributed by atoms with van der Waals surface area (Å²) in [6.45, 7) is 0. The first-order valence-electron chi connectivity index (χ1n) is 5.78. The summed E-state index contributed by atoms with van der Waals surface area (Å²) in [6.07, 6.45) is 0. The van der Waals surface area contributed by atoms with E-state index in [0.717, 1.165) is 0 Å². The SMILES string of the molecule is CN(C(=O)C(=O)Oc1ccccc1)c1ccccc1. The van der Waals surface area contributed by atoms with Crippen molar-refractivity contribution in [3.05, 3.63) is 60.7 Å². The lowest BCUT2D eigenvalue weighted by molar-refractivity contribution is -0.146. The van der Waals surface area contributed by atoms with Gasteiger partial charge in [0.1, 0.15) is 5.75 Å². The van der Waals surface area contributed by atoms with Gasteiger partial charge in [0.25, 0.3) is 0 Å². The van der Waals surface area contributed by atoms with Crippen LogP contribution in [0.25, 0.3) is 0 Å². The number of anilines is 1. The van der Waals surface area contributed by atoms with Crippen LogP contribution in [0.3, 0.4) is 0 Å². The molecule has 2 rings (SSSR count). The Balaban J connectivity index is 2.06. The fourth-order valence-corrected chi connectivity index (χ4v) is 1.55. The minimum Gasteiger partial charge on any atom is -0.419 e. The number of esters is 1. The fraction of sp³-hybridized carbons (Fsp3) is 0.0667. The van der Waals surface area contributed by atoms with Crippen LogP contribution >= 0.6 is 0 Å². The lowest BCUT2D eigenvalue weighted by atomic mass is 10.3. The molecule has 0 aliphatic rings. The molecule has 19 heavy (non-hydrogen) atoms. The predicted molar refractivity (Wildman–Crippen MR) is 71.9 cm³/mol. The number of ether oxygens (including phenoxy) is 1. The minimum atomic E-state index is -0.905. The molecule has 0 saturated heterocycles. The van der Waals surface area contributed by atoms with Gasteiger partial charge >= 0.3 is 11.9 Å². The van der Waals surface area contributed by atoms with Crippen LogP contribution < -0.4 is 9.64 Å². The number of carbonyl (C=O) groups excluding carboxylic acids is 2. The maximum atomic E-state index is 11.9. The molecule has 0 aromatic heterocycles. The van der Waals surface area contributed by atoms with E-state index in [1.54, 1.807) is 54.6 Å². The third-order valence-electron chi connectivity index (χ3n) is 2.58. The van der Waals surface area contributed by atoms with Crippen molar-refractivity contribution in [1.29, 1.82) is 0 Å². The van der Waals surface area contributed by atoms with Gasteiger partial charge in [0.2, 0.25) is 0 Å². The first-order chi connectivity index (χ1) is 9.18. The van der Waals surface area contributed by atoms with E-state index in [1.807, 2.05) is 6.07 Å². The van der Waals surface area contributed by atoms with Crippen molar-refractivity contribution in [2.45, 2.75) is 0 Å². The molecule has 0 aliphatic heterocycles. The quantitative estimate of drug-likeness (QED) is 0.470. The van der Waals surface area contributed by atoms with Crippen LogP contribution in [0.4, 0.5) is 5.69 Å². The number of para-hydroxylation sites is 2. The molecule has 0 heterocycles. The number of hydrogen-bond acceptors (Lipinski definition) is 3. The summed E-state index contributed by atoms with van der Waals surface area (Å²) in [5.41, 5.74) is 0.637. The lowest BCUT2D eigenvalue weighted by Crippen LogP contribution is -2.36. The molecule has 0 saturated carbocycles. The normalized spacial score (nSPS) is 9.74. The van der Waals surface area contributed by atoms with Crippen molar-refractivity contribution in [1.82, 2.24) is 0 Å². The van der Waals surface area contributed by atoms with Crippen molar-refractivity contribution in [3.63, 3.8) is 0 Å². The fourth-order valence-electron chi connectivity index (χ4n) is 1.55. The van der Waals surface area contributed by atoms with Crippen molar-refractivity contribution in [2.24, 2.45) is 0 Å². The highest BCUT2D eigenvalue weighted by Gasteiger charge is 2.22. The van der Waals surface area contributed by atoms with E-state index >= 15 is 0 Å². The van der Waals surface area contributed by atoms with Crippen LogP contribution in [0, 0.1) is 0 Å². The van der Waals surface area contributed by atoms with Crippen LogP contribution in [0.15, 0.2) is 60.7 Å². The zero-order chi connectivity index (χ0) is 13.7. The molecule has 2 aromatic carbocycles. The molecule has 0 bridgehead atoms. The van der Waals surface area contributed by atoms with Crippen LogP contribution in [0.2, 0.25) is 0 Å². The van der Waals surface area contributed by atoms with Crippen LogP contribution in [-0.2, 0) is 9.59 Å². The second-order valence-electron chi connectivity index (χ2n) is 3.90. The zero-order valence-electron chi connectivity index (χ0n) is 10.4. The Hall–Kier alpha value is -2.62. The van der Waals surface area contributed by atoms with Gasteiger partial charge in [-0.05, 0) is 24.3 Å². The molecular formula is C15H13NO3. The maximum Gasteiger partial charge on any atom is 0.402 e. The van der Waals surface area contributed by atoms with E-state index in [2.05, 4.69) is 0 Å². The molecule has 96 valence electrons. The highest BCUT2D eigenvalue weighted by Crippen LogP contribution is 2.13. The zero-order valence-corrected chi connectivity index (χ0v) is 10.4. The summed E-state index contributed by atoms with van der Waals surface area (Å²) in [5.74, 6) is -1.27. The number of carbonyl (C=O) groups is 2. The monoisotopic (exact) mass is 255 g/mol. The van der Waals surface area contributed by atoms with Gasteiger partial charge < -0.3 is 9.64 Å². The Labute approximate surface area is 111 Å². The Kier molecular flexibility index (Phi) is 3.93. The number of amides is 1. The Morgan fingerprint density at radius 2 is 1.42 bits per heavy atom. The van der Waals surface area contributed by atoms with E-state index in [-0.39, 0.29) is 0 Å². The molecule has 0 unspecified atom stereocenters. The standard InChI is InChI=1S/C15H13NO3/c1-16(12-8-4-2-5-9-12)14(17)15(18)19-13-10-6-3-7-11-13/h2-11H,1H3. The molecule has 2 aromatic rings. The number of benzene rings is 2. The van der Waals surface area contributed by atoms with E-state index in [1.165, 1.54) is 11.9 Å². The molecular weight excluding hydrogens is 242 g/mol. The van der Waals surface area contributed by atoms with Gasteiger partial charge in [-0.1, -0.05) is 36.4 Å². The summed E-state index contributed by atoms with van der Waals surface area (Å²) in [4.78, 5) is 24.9. The van der Waals surface area contributed by atoms with E-state index in [9.17, 15) is 9.59 Å². The first-order valence-corrected chi connectivity index (χ1v) is 5.78. The summed E-state index contributed by atoms with van der Waals surface area (Å²) in [5, 5.41) is 0. The Morgan fingerprint density at radius 1 is 0.895 bits per heavy atom. The predicted octanol–water partition coefficient (Wildman–Crippen LogP) is 2.25. The second kappa shape index (κ2) is 5.82. The number of likely N-dealkylation sites (N-methyl/N-ethyl adjacent to an activating group) is 1. The van der Waals surface area contributed by atoms with Crippen LogP contribution in [0.1, 0.15) is 0 Å². The van der Waals surface area contributed by atoms with Crippen molar-refractivity contribution >= 4 is 17.6 Å². The van der Waals surface area contributed by atoms with Gasteiger partial charge in [0.05, 0.1) is 0 Å². The Bertz CT molecular complexity index is 566. The maximum absolute atomic E-state index is 11.9. The molecule has 0 atom stereocenters. The Morgan fingerprint density at radius 3 is 2.00 bits per heavy atom. The topological polar surface area (TPSA) is 46.6 Å². The molecule has 0 aliphatic carbocycles. The minimum absolute atomic E-state index is 0.349. The van der Waals surface area contributed by atoms with Gasteiger partial charge in [-0.2, -0.15) is 0 Å². The number of nitrogens with zero attached hydrogens (tertiary/aromatic N) is 1. The summed E-state index contributed by atoms with van der Waals surface area (Å²) < 4.78 is 4.99. The third kappa shape index (κ3) is 3.19. The van der Waals surface area contributed by atoms with Gasteiger partial charge in [-0.3, -0.25) is 4.79 Å². The number of hydrogen-bond donors (Lipinski definition) is 0. The van der Waals surface area contributed by atoms with Gasteiger partial charge in [-0.25, -0.2) is 4.79 Å². The highest BCUT2D eigenvalue weighted by molar-refractivity contribution is 6.38. The largest absolute Gasteiger partial charge is 0.419 e. The van der Waals surface area contributed by atoms with Gasteiger partial charge in [0, 0.05) is 12.7 Å². The molecule has 4 heteroatoms. The molecule has 4 nitrogen and oxygen atoms in total. The van der Waals surface area contributed by atoms with Crippen LogP contribution in [0.5, 0.6) is 5.75 Å². The van der Waals surface area contributed by atoms with Crippen molar-refractivity contribution in [3.8, 4) is 5.75 Å². The third-order valence-corrected chi connectivity index (χ3v) is 2.58. The molecule has 1 amide bonds. The second-order valence-corrected chi connectivity index (χ2v) is 3.90. The summed E-state index contributed by atoms with van der Waals surface area (Å²) in [6, 6.07) is 17.4. The number of rotatable bonds is 2. The van der Waals surface area contributed by atoms with Crippen molar-refractivity contribution < 1.29 is 14.3 Å². The van der Waals surface area contributed by atoms with Gasteiger partial charge in [0.15, 0.2) is 0 Å². The van der Waals surface area contributed by atoms with Gasteiger partial charge in [-0.15, -0.1) is 0 Å². The molecule has 0 fully saturated rings. The van der Waals surface area contributed by atoms with Crippen LogP contribution in [-0.4, -0.2) is 18.9 Å². The summed E-state index contributed by atoms with van der Waals surface area (Å²) >= 11 is 0. The first kappa shape index (κ1) is 12.8. The molecule has 0 spiro atoms. The van der Waals surface area contributed by atoms with Crippen molar-refractivity contribution in [2.75, 3.05) is 11.9 Å². The average molecular weight is 255 g/mol. The smallest absolute Gasteiger partial charge is 0.402 e. The van der Waals surface area contributed by atoms with E-state index in [0.29, 0.717) is 11.4 Å². The highest BCUT2D eigenvalue weighted by atomic mass is 16.5. The lowest BCUT2D eigenvalue weighted by Gasteiger charge is -2.15. The average Bonchev–Trinajstić information content (AvgIpc) is 2.47. The molecule has 0 radical (unpaired) electrons.